The van der Waals surface area contributed by atoms with Gasteiger partial charge in [-0.05, 0) is 116 Å². The van der Waals surface area contributed by atoms with Crippen molar-refractivity contribution in [3.63, 3.8) is 0 Å². The van der Waals surface area contributed by atoms with Crippen molar-refractivity contribution in [3.8, 4) is 11.5 Å². The third-order valence-corrected chi connectivity index (χ3v) is 13.5. The van der Waals surface area contributed by atoms with E-state index in [-0.39, 0.29) is 36.8 Å². The smallest absolute Gasteiger partial charge is 0.417 e. The molecule has 0 bridgehead atoms. The van der Waals surface area contributed by atoms with E-state index in [0.29, 0.717) is 51.0 Å². The fraction of sp³-hybridized carbons (Fsp3) is 0.271. The minimum Gasteiger partial charge on any atom is -0.504 e. The molecule has 0 radical (unpaired) electrons. The van der Waals surface area contributed by atoms with E-state index in [4.69, 9.17) is 27.9 Å². The minimum atomic E-state index is -4.77. The van der Waals surface area contributed by atoms with Gasteiger partial charge in [0.05, 0.1) is 57.4 Å². The molecule has 13 nitrogen and oxygen atoms in total. The first-order chi connectivity index (χ1) is 31.5. The summed E-state index contributed by atoms with van der Waals surface area (Å²) in [5.41, 5.74) is 3.59. The number of carbonyl (C=O) groups excluding carboxylic acids is 4. The van der Waals surface area contributed by atoms with Crippen molar-refractivity contribution in [2.75, 3.05) is 35.9 Å². The molecule has 6 atom stereocenters. The molecule has 4 amide bonds. The maximum absolute atomic E-state index is 15.5. The first-order valence-electron chi connectivity index (χ1n) is 21.0. The predicted molar refractivity (Wildman–Crippen MR) is 240 cm³/mol. The number of hydrogen-bond donors (Lipinski definition) is 2. The highest BCUT2D eigenvalue weighted by molar-refractivity contribution is 6.33. The number of hydrazine groups is 1. The standard InChI is InChI=1S/C48H40Cl2F3N7O6/c1-4-66-39-21-25(5-20-38(39)61)41-33-18-19-34-40(45(64)59(43(34)62)32-16-12-30(13-17-32)56-55-29-10-14-31(15-11-29)58(2)3)35(33)23-36-44(63)60(46(65)47(36,41)26-6-8-28(49)9-7-26)57-42-37(50)22-27(24-54-42)48(51,52)53/h5-18,20-22,24,34-36,40-41,61H,4,19,23H2,1-3H3,(H,54,57)/t34-,35+,36-,40-,41-,47+/m0/s1. The van der Waals surface area contributed by atoms with Crippen LogP contribution in [0.1, 0.15) is 42.4 Å². The number of aromatic nitrogens is 1. The number of allylic oxidation sites excluding steroid dienone is 2. The number of carbonyl (C=O) groups is 4. The van der Waals surface area contributed by atoms with E-state index < -0.39 is 75.4 Å². The van der Waals surface area contributed by atoms with Gasteiger partial charge in [0.1, 0.15) is 0 Å². The molecule has 0 spiro atoms. The van der Waals surface area contributed by atoms with Crippen molar-refractivity contribution in [1.29, 1.82) is 0 Å². The number of phenols is 1. The van der Waals surface area contributed by atoms with Crippen molar-refractivity contribution in [2.45, 2.75) is 37.3 Å². The number of imide groups is 2. The zero-order valence-corrected chi connectivity index (χ0v) is 37.0. The molecule has 1 saturated carbocycles. The Morgan fingerprint density at radius 3 is 2.17 bits per heavy atom. The van der Waals surface area contributed by atoms with Crippen LogP contribution in [0.25, 0.3) is 0 Å². The lowest BCUT2D eigenvalue weighted by molar-refractivity contribution is -0.139. The molecule has 1 aromatic heterocycles. The SMILES string of the molecule is CCOc1cc([C@H]2C3=CC[C@@H]4C(=O)N(c5ccc(N=Nc6ccc(N(C)C)cc6)cc5)C(=O)[C@@H]4[C@@H]3C[C@H]3C(=O)N(Nc4ncc(C(F)(F)F)cc4Cl)C(=O)[C@@]23c2ccc(Cl)cc2)ccc1O. The Morgan fingerprint density at radius 1 is 0.879 bits per heavy atom. The largest absolute Gasteiger partial charge is 0.504 e. The Bertz CT molecular complexity index is 2840. The molecule has 0 unspecified atom stereocenters. The fourth-order valence-electron chi connectivity index (χ4n) is 9.99. The molecule has 18 heteroatoms. The summed E-state index contributed by atoms with van der Waals surface area (Å²) >= 11 is 12.7. The van der Waals surface area contributed by atoms with Gasteiger partial charge in [-0.3, -0.25) is 29.5 Å². The third-order valence-electron chi connectivity index (χ3n) is 12.9. The number of amides is 4. The molecule has 4 aliphatic rings. The number of aromatic hydroxyl groups is 1. The van der Waals surface area contributed by atoms with Crippen LogP contribution in [-0.2, 0) is 30.8 Å². The second-order valence-electron chi connectivity index (χ2n) is 16.7. The Kier molecular flexibility index (Phi) is 11.4. The van der Waals surface area contributed by atoms with Gasteiger partial charge in [-0.25, -0.2) is 4.98 Å². The normalized spacial score (nSPS) is 23.8. The highest BCUT2D eigenvalue weighted by Crippen LogP contribution is 2.64. The molecule has 5 aromatic rings. The Balaban J connectivity index is 1.12. The van der Waals surface area contributed by atoms with E-state index in [1.54, 1.807) is 67.6 Å². The number of alkyl halides is 3. The van der Waals surface area contributed by atoms with Crippen molar-refractivity contribution in [3.05, 3.63) is 142 Å². The maximum Gasteiger partial charge on any atom is 0.417 e. The zero-order valence-electron chi connectivity index (χ0n) is 35.5. The molecule has 338 valence electrons. The van der Waals surface area contributed by atoms with E-state index in [0.717, 1.165) is 15.6 Å². The molecule has 4 aromatic carbocycles. The molecule has 3 fully saturated rings. The van der Waals surface area contributed by atoms with Crippen LogP contribution in [0.2, 0.25) is 10.0 Å². The van der Waals surface area contributed by atoms with Gasteiger partial charge in [-0.2, -0.15) is 28.4 Å². The minimum absolute atomic E-state index is 0.0822. The number of phenolic OH excluding ortho intramolecular Hbond substituents is 1. The van der Waals surface area contributed by atoms with Crippen molar-refractivity contribution in [1.82, 2.24) is 9.99 Å². The summed E-state index contributed by atoms with van der Waals surface area (Å²) < 4.78 is 46.6. The molecule has 66 heavy (non-hydrogen) atoms. The van der Waals surface area contributed by atoms with Gasteiger partial charge in [0.15, 0.2) is 17.3 Å². The number of halogens is 5. The van der Waals surface area contributed by atoms with E-state index in [9.17, 15) is 27.9 Å². The van der Waals surface area contributed by atoms with E-state index in [1.165, 1.54) is 6.07 Å². The zero-order chi connectivity index (χ0) is 46.8. The summed E-state index contributed by atoms with van der Waals surface area (Å²) in [6.45, 7) is 1.91. The van der Waals surface area contributed by atoms with Gasteiger partial charge >= 0.3 is 6.18 Å². The fourth-order valence-corrected chi connectivity index (χ4v) is 10.3. The molecule has 2 saturated heterocycles. The lowest BCUT2D eigenvalue weighted by Gasteiger charge is -2.50. The monoisotopic (exact) mass is 937 g/mol. The van der Waals surface area contributed by atoms with Crippen LogP contribution in [-0.4, -0.2) is 59.4 Å². The summed E-state index contributed by atoms with van der Waals surface area (Å²) in [6, 6.07) is 25.7. The number of rotatable bonds is 10. The molecule has 2 N–H and O–H groups in total. The van der Waals surface area contributed by atoms with Crippen LogP contribution in [0.3, 0.4) is 0 Å². The highest BCUT2D eigenvalue weighted by Gasteiger charge is 2.70. The van der Waals surface area contributed by atoms with E-state index in [2.05, 4.69) is 20.6 Å². The summed E-state index contributed by atoms with van der Waals surface area (Å²) in [5, 5.41) is 20.1. The number of benzene rings is 4. The van der Waals surface area contributed by atoms with Gasteiger partial charge in [0.2, 0.25) is 11.8 Å². The van der Waals surface area contributed by atoms with Gasteiger partial charge < -0.3 is 14.7 Å². The number of anilines is 3. The van der Waals surface area contributed by atoms with Crippen LogP contribution >= 0.6 is 23.2 Å². The Hall–Kier alpha value is -6.78. The second kappa shape index (κ2) is 16.9. The number of ether oxygens (including phenoxy) is 1. The number of azo groups is 1. The highest BCUT2D eigenvalue weighted by atomic mass is 35.5. The van der Waals surface area contributed by atoms with E-state index in [1.807, 2.05) is 49.3 Å². The molecule has 9 rings (SSSR count). The third kappa shape index (κ3) is 7.41. The number of nitrogens with zero attached hydrogens (tertiary/aromatic N) is 6. The second-order valence-corrected chi connectivity index (χ2v) is 17.6. The lowest BCUT2D eigenvalue weighted by Crippen LogP contribution is -2.53. The predicted octanol–water partition coefficient (Wildman–Crippen LogP) is 10.2. The molecule has 2 aliphatic carbocycles. The summed E-state index contributed by atoms with van der Waals surface area (Å²) in [6.07, 6.45) is -2.33. The van der Waals surface area contributed by atoms with Crippen LogP contribution in [0.15, 0.2) is 125 Å². The molecular weight excluding hydrogens is 898 g/mol. The van der Waals surface area contributed by atoms with Crippen molar-refractivity contribution >= 4 is 75.4 Å². The summed E-state index contributed by atoms with van der Waals surface area (Å²) in [7, 11) is 3.87. The maximum atomic E-state index is 15.5. The van der Waals surface area contributed by atoms with Crippen LogP contribution in [0.4, 0.5) is 41.7 Å². The van der Waals surface area contributed by atoms with Gasteiger partial charge in [0.25, 0.3) is 11.8 Å². The van der Waals surface area contributed by atoms with Crippen LogP contribution in [0, 0.1) is 23.7 Å². The molecule has 2 aliphatic heterocycles. The number of hydrogen-bond acceptors (Lipinski definition) is 11. The average Bonchev–Trinajstić information content (AvgIpc) is 3.67. The summed E-state index contributed by atoms with van der Waals surface area (Å²) in [4.78, 5) is 66.8. The van der Waals surface area contributed by atoms with Crippen molar-refractivity contribution in [2.24, 2.45) is 33.9 Å². The van der Waals surface area contributed by atoms with Gasteiger partial charge in [-0.1, -0.05) is 53.1 Å². The van der Waals surface area contributed by atoms with Crippen LogP contribution < -0.4 is 20.0 Å². The average molecular weight is 939 g/mol. The molecule has 3 heterocycles. The van der Waals surface area contributed by atoms with Crippen molar-refractivity contribution < 1.29 is 42.2 Å². The Morgan fingerprint density at radius 2 is 1.55 bits per heavy atom. The number of pyridine rings is 1. The first-order valence-corrected chi connectivity index (χ1v) is 21.7. The van der Waals surface area contributed by atoms with Crippen LogP contribution in [0.5, 0.6) is 11.5 Å². The van der Waals surface area contributed by atoms with Gasteiger partial charge in [0, 0.05) is 36.9 Å². The first kappa shape index (κ1) is 44.4. The lowest BCUT2D eigenvalue weighted by atomic mass is 9.49. The van der Waals surface area contributed by atoms with E-state index >= 15 is 9.59 Å². The molecular formula is C48H40Cl2F3N7O6. The Labute approximate surface area is 386 Å². The topological polar surface area (TPSA) is 157 Å². The summed E-state index contributed by atoms with van der Waals surface area (Å²) in [5.74, 6) is -7.71. The van der Waals surface area contributed by atoms with Gasteiger partial charge in [-0.15, -0.1) is 0 Å². The number of fused-ring (bicyclic) bond motifs is 4. The number of nitrogens with one attached hydrogen (secondary N) is 1. The quantitative estimate of drug-likeness (QED) is 0.0790.